The van der Waals surface area contributed by atoms with Crippen LogP contribution in [-0.4, -0.2) is 33.2 Å². The number of imidazole rings is 1. The normalized spacial score (nSPS) is 17.7. The molecule has 1 fully saturated rings. The maximum absolute atomic E-state index is 15.0. The second kappa shape index (κ2) is 10.5. The largest absolute Gasteiger partial charge is 0.496 e. The first-order chi connectivity index (χ1) is 17.9. The summed E-state index contributed by atoms with van der Waals surface area (Å²) in [5.74, 6) is 0.812. The molecule has 1 aliphatic rings. The Morgan fingerprint density at radius 2 is 2.03 bits per heavy atom. The fourth-order valence-corrected chi connectivity index (χ4v) is 6.23. The Balaban J connectivity index is 1.57. The Morgan fingerprint density at radius 1 is 1.19 bits per heavy atom. The number of aryl methyl sites for hydroxylation is 1. The van der Waals surface area contributed by atoms with E-state index in [1.807, 2.05) is 25.1 Å². The summed E-state index contributed by atoms with van der Waals surface area (Å²) in [7, 11) is 1.54. The number of hydrogen-bond donors (Lipinski definition) is 0. The summed E-state index contributed by atoms with van der Waals surface area (Å²) in [4.78, 5) is 36.6. The van der Waals surface area contributed by atoms with Gasteiger partial charge < -0.3 is 9.30 Å². The Hall–Kier alpha value is -3.39. The summed E-state index contributed by atoms with van der Waals surface area (Å²) in [5, 5.41) is 0. The lowest BCUT2D eigenvalue weighted by Gasteiger charge is -2.31. The number of fused-ring (bicyclic) bond motifs is 1. The molecular formula is C29H30FN3O3S. The van der Waals surface area contributed by atoms with Gasteiger partial charge in [-0.3, -0.25) is 9.59 Å². The van der Waals surface area contributed by atoms with Crippen LogP contribution in [0.2, 0.25) is 0 Å². The fourth-order valence-electron chi connectivity index (χ4n) is 5.42. The minimum absolute atomic E-state index is 0.00969. The number of benzene rings is 1. The van der Waals surface area contributed by atoms with Gasteiger partial charge in [-0.1, -0.05) is 13.3 Å². The van der Waals surface area contributed by atoms with Crippen molar-refractivity contribution in [1.29, 1.82) is 0 Å². The molecule has 3 aromatic heterocycles. The number of ether oxygens (including phenoxy) is 1. The zero-order valence-corrected chi connectivity index (χ0v) is 22.1. The second-order valence-corrected chi connectivity index (χ2v) is 11.0. The quantitative estimate of drug-likeness (QED) is 0.230. The summed E-state index contributed by atoms with van der Waals surface area (Å²) < 4.78 is 22.6. The molecule has 192 valence electrons. The number of methoxy groups -OCH3 is 1. The number of carbonyl (C=O) groups excluding carboxylic acids is 2. The van der Waals surface area contributed by atoms with Gasteiger partial charge in [-0.2, -0.15) is 0 Å². The van der Waals surface area contributed by atoms with E-state index in [0.29, 0.717) is 35.5 Å². The molecule has 3 heterocycles. The minimum Gasteiger partial charge on any atom is -0.496 e. The van der Waals surface area contributed by atoms with Crippen LogP contribution in [0.15, 0.2) is 42.6 Å². The highest BCUT2D eigenvalue weighted by molar-refractivity contribution is 7.14. The van der Waals surface area contributed by atoms with Crippen LogP contribution in [0, 0.1) is 18.7 Å². The highest BCUT2D eigenvalue weighted by Gasteiger charge is 2.30. The minimum atomic E-state index is -0.452. The molecule has 8 heteroatoms. The topological polar surface area (TPSA) is 74.1 Å². The molecule has 0 aliphatic heterocycles. The third-order valence-corrected chi connectivity index (χ3v) is 8.25. The number of carbonyl (C=O) groups is 2. The van der Waals surface area contributed by atoms with Crippen LogP contribution in [0.4, 0.5) is 4.39 Å². The van der Waals surface area contributed by atoms with E-state index in [4.69, 9.17) is 9.72 Å². The average Bonchev–Trinajstić information content (AvgIpc) is 3.51. The van der Waals surface area contributed by atoms with Crippen molar-refractivity contribution >= 4 is 33.9 Å². The molecule has 0 unspecified atom stereocenters. The van der Waals surface area contributed by atoms with Crippen LogP contribution < -0.4 is 4.74 Å². The molecule has 0 spiro atoms. The van der Waals surface area contributed by atoms with Gasteiger partial charge in [0, 0.05) is 36.0 Å². The van der Waals surface area contributed by atoms with Crippen LogP contribution in [-0.2, 0) is 0 Å². The number of halogens is 1. The molecule has 0 saturated heterocycles. The molecule has 1 aromatic carbocycles. The van der Waals surface area contributed by atoms with Crippen molar-refractivity contribution < 1.29 is 18.7 Å². The van der Waals surface area contributed by atoms with Gasteiger partial charge in [0.1, 0.15) is 11.4 Å². The number of nitrogens with zero attached hydrogens (tertiary/aromatic N) is 3. The van der Waals surface area contributed by atoms with Gasteiger partial charge in [-0.25, -0.2) is 14.4 Å². The van der Waals surface area contributed by atoms with E-state index in [-0.39, 0.29) is 29.2 Å². The predicted octanol–water partition coefficient (Wildman–Crippen LogP) is 7.21. The molecule has 0 bridgehead atoms. The van der Waals surface area contributed by atoms with Crippen molar-refractivity contribution in [2.24, 2.45) is 5.92 Å². The molecule has 1 aliphatic carbocycles. The van der Waals surface area contributed by atoms with E-state index >= 15 is 0 Å². The van der Waals surface area contributed by atoms with Crippen molar-refractivity contribution in [3.63, 3.8) is 0 Å². The van der Waals surface area contributed by atoms with Crippen LogP contribution >= 0.6 is 11.3 Å². The number of aromatic nitrogens is 3. The monoisotopic (exact) mass is 519 g/mol. The SMILES string of the molecule is CCC(=O)c1cc2nc(-c3ncccc3F)n([C@H]3CCC[C@@H](CC(=O)c4ccc(C)s4)C3)c2cc1OC. The lowest BCUT2D eigenvalue weighted by atomic mass is 9.82. The van der Waals surface area contributed by atoms with Crippen LogP contribution in [0.25, 0.3) is 22.6 Å². The van der Waals surface area contributed by atoms with E-state index in [1.165, 1.54) is 17.4 Å². The molecular weight excluding hydrogens is 489 g/mol. The van der Waals surface area contributed by atoms with Crippen molar-refractivity contribution in [3.05, 3.63) is 63.7 Å². The van der Waals surface area contributed by atoms with Crippen LogP contribution in [0.5, 0.6) is 5.75 Å². The predicted molar refractivity (Wildman–Crippen MR) is 143 cm³/mol. The molecule has 0 N–H and O–H groups in total. The molecule has 5 rings (SSSR count). The first-order valence-corrected chi connectivity index (χ1v) is 13.5. The van der Waals surface area contributed by atoms with Gasteiger partial charge in [-0.15, -0.1) is 11.3 Å². The molecule has 1 saturated carbocycles. The molecule has 6 nitrogen and oxygen atoms in total. The van der Waals surface area contributed by atoms with E-state index in [9.17, 15) is 14.0 Å². The summed E-state index contributed by atoms with van der Waals surface area (Å²) in [6.45, 7) is 3.81. The highest BCUT2D eigenvalue weighted by Crippen LogP contribution is 2.41. The van der Waals surface area contributed by atoms with Gasteiger partial charge in [0.05, 0.1) is 28.6 Å². The summed E-state index contributed by atoms with van der Waals surface area (Å²) in [5.41, 5.74) is 2.02. The van der Waals surface area contributed by atoms with Crippen molar-refractivity contribution in [2.45, 2.75) is 58.4 Å². The second-order valence-electron chi connectivity index (χ2n) is 9.68. The van der Waals surface area contributed by atoms with Crippen molar-refractivity contribution in [2.75, 3.05) is 7.11 Å². The van der Waals surface area contributed by atoms with Crippen molar-refractivity contribution in [1.82, 2.24) is 14.5 Å². The first-order valence-electron chi connectivity index (χ1n) is 12.7. The van der Waals surface area contributed by atoms with Gasteiger partial charge in [-0.05, 0) is 62.4 Å². The first kappa shape index (κ1) is 25.3. The van der Waals surface area contributed by atoms with E-state index in [2.05, 4.69) is 9.55 Å². The van der Waals surface area contributed by atoms with Crippen molar-refractivity contribution in [3.8, 4) is 17.3 Å². The number of rotatable bonds is 8. The number of Topliss-reactive ketones (excluding diaryl/α,β-unsaturated/α-hetero) is 2. The Morgan fingerprint density at radius 3 is 2.73 bits per heavy atom. The summed E-state index contributed by atoms with van der Waals surface area (Å²) >= 11 is 1.54. The zero-order valence-electron chi connectivity index (χ0n) is 21.3. The number of pyridine rings is 1. The summed E-state index contributed by atoms with van der Waals surface area (Å²) in [6, 6.07) is 10.4. The Bertz CT molecular complexity index is 1470. The van der Waals surface area contributed by atoms with E-state index in [1.54, 1.807) is 32.4 Å². The fraction of sp³-hybridized carbons (Fsp3) is 0.379. The van der Waals surface area contributed by atoms with Gasteiger partial charge in [0.25, 0.3) is 0 Å². The molecule has 37 heavy (non-hydrogen) atoms. The Labute approximate surface area is 219 Å². The lowest BCUT2D eigenvalue weighted by molar-refractivity contribution is 0.0944. The number of thiophene rings is 1. The molecule has 2 atom stereocenters. The highest BCUT2D eigenvalue weighted by atomic mass is 32.1. The van der Waals surface area contributed by atoms with E-state index in [0.717, 1.165) is 41.0 Å². The van der Waals surface area contributed by atoms with E-state index < -0.39 is 5.82 Å². The molecule has 0 radical (unpaired) electrons. The van der Waals surface area contributed by atoms with Crippen LogP contribution in [0.3, 0.4) is 0 Å². The molecule has 4 aromatic rings. The van der Waals surface area contributed by atoms with Crippen LogP contribution in [0.1, 0.15) is 76.4 Å². The third-order valence-electron chi connectivity index (χ3n) is 7.21. The summed E-state index contributed by atoms with van der Waals surface area (Å²) in [6.07, 6.45) is 5.99. The van der Waals surface area contributed by atoms with Gasteiger partial charge >= 0.3 is 0 Å². The molecule has 0 amide bonds. The maximum atomic E-state index is 15.0. The third kappa shape index (κ3) is 4.94. The number of ketones is 2. The number of hydrogen-bond acceptors (Lipinski definition) is 6. The maximum Gasteiger partial charge on any atom is 0.173 e. The standard InChI is InChI=1S/C29H30FN3O3S/c1-4-24(34)20-15-22-23(16-26(20)36-3)33(29(32-22)28-21(30)9-6-12-31-28)19-8-5-7-18(13-19)14-25(35)27-11-10-17(2)37-27/h6,9-12,15-16,18-19H,4-5,7-8,13-14H2,1-3H3/t18-,19+/m1/s1. The lowest BCUT2D eigenvalue weighted by Crippen LogP contribution is -2.22. The average molecular weight is 520 g/mol. The smallest absolute Gasteiger partial charge is 0.173 e. The van der Waals surface area contributed by atoms with Gasteiger partial charge in [0.15, 0.2) is 23.2 Å². The Kier molecular flexibility index (Phi) is 7.20. The van der Waals surface area contributed by atoms with Gasteiger partial charge in [0.2, 0.25) is 0 Å². The zero-order chi connectivity index (χ0) is 26.1.